The minimum absolute atomic E-state index is 0.0105. The molecule has 1 aliphatic rings. The number of nitrogens with one attached hydrogen (secondary N) is 5. The lowest BCUT2D eigenvalue weighted by atomic mass is 10.2. The quantitative estimate of drug-likeness (QED) is 0.314. The second-order valence-corrected chi connectivity index (χ2v) is 6.74. The summed E-state index contributed by atoms with van der Waals surface area (Å²) in [5.41, 5.74) is -0.173. The van der Waals surface area contributed by atoms with E-state index in [1.807, 2.05) is 6.07 Å². The monoisotopic (exact) mass is 421 g/mol. The van der Waals surface area contributed by atoms with Crippen LogP contribution in [0.5, 0.6) is 5.88 Å². The maximum Gasteiger partial charge on any atom is 0.326 e. The highest BCUT2D eigenvalue weighted by Gasteiger charge is 2.23. The summed E-state index contributed by atoms with van der Waals surface area (Å²) in [5.74, 6) is -0.755. The molecule has 1 aromatic carbocycles. The van der Waals surface area contributed by atoms with E-state index in [9.17, 15) is 14.3 Å². The lowest BCUT2D eigenvalue weighted by molar-refractivity contribution is 0.454. The Hall–Kier alpha value is -4.53. The number of hydrogen-bond acceptors (Lipinski definition) is 9. The van der Waals surface area contributed by atoms with E-state index in [-0.39, 0.29) is 46.3 Å². The summed E-state index contributed by atoms with van der Waals surface area (Å²) in [5, 5.41) is 32.2. The zero-order chi connectivity index (χ0) is 22.0. The summed E-state index contributed by atoms with van der Waals surface area (Å²) < 4.78 is 14.3. The number of rotatable bonds is 7. The largest absolute Gasteiger partial charge is 0.493 e. The number of aromatic amines is 2. The van der Waals surface area contributed by atoms with E-state index in [0.717, 1.165) is 25.1 Å². The van der Waals surface area contributed by atoms with E-state index in [1.54, 1.807) is 0 Å². The van der Waals surface area contributed by atoms with Crippen LogP contribution in [0.1, 0.15) is 29.9 Å². The minimum Gasteiger partial charge on any atom is -0.493 e. The molecule has 1 aliphatic carbocycles. The number of imidazole rings is 1. The molecule has 0 amide bonds. The van der Waals surface area contributed by atoms with Crippen LogP contribution >= 0.6 is 0 Å². The lowest BCUT2D eigenvalue weighted by Gasteiger charge is -2.11. The van der Waals surface area contributed by atoms with Gasteiger partial charge in [-0.1, -0.05) is 0 Å². The Morgan fingerprint density at radius 3 is 2.68 bits per heavy atom. The molecule has 1 fully saturated rings. The van der Waals surface area contributed by atoms with Crippen molar-refractivity contribution < 1.29 is 9.50 Å². The molecule has 4 rings (SSSR count). The van der Waals surface area contributed by atoms with Gasteiger partial charge in [0.1, 0.15) is 11.5 Å². The molecule has 11 nitrogen and oxygen atoms in total. The predicted molar refractivity (Wildman–Crippen MR) is 111 cm³/mol. The maximum absolute atomic E-state index is 14.3. The van der Waals surface area contributed by atoms with Crippen LogP contribution in [-0.2, 0) is 0 Å². The zero-order valence-electron chi connectivity index (χ0n) is 15.9. The van der Waals surface area contributed by atoms with Crippen LogP contribution < -0.4 is 16.3 Å². The van der Waals surface area contributed by atoms with Crippen molar-refractivity contribution in [1.82, 2.24) is 24.9 Å². The topological polar surface area (TPSA) is 179 Å². The third-order valence-electron chi connectivity index (χ3n) is 4.34. The number of nitriles is 1. The van der Waals surface area contributed by atoms with Crippen LogP contribution in [0, 0.1) is 22.6 Å². The third-order valence-corrected chi connectivity index (χ3v) is 4.34. The number of halogens is 1. The number of benzene rings is 1. The number of aromatic hydroxyl groups is 1. The number of anilines is 3. The van der Waals surface area contributed by atoms with Crippen molar-refractivity contribution in [3.8, 4) is 11.9 Å². The van der Waals surface area contributed by atoms with Crippen LogP contribution in [0.3, 0.4) is 0 Å². The van der Waals surface area contributed by atoms with Crippen molar-refractivity contribution >= 4 is 35.4 Å². The fourth-order valence-electron chi connectivity index (χ4n) is 2.66. The molecule has 0 spiro atoms. The van der Waals surface area contributed by atoms with Gasteiger partial charge in [-0.3, -0.25) is 4.98 Å². The summed E-state index contributed by atoms with van der Waals surface area (Å²) in [7, 11) is 0. The molecule has 2 heterocycles. The van der Waals surface area contributed by atoms with Gasteiger partial charge in [-0.05, 0) is 37.1 Å². The fraction of sp³-hybridized carbons (Fsp3) is 0.158. The van der Waals surface area contributed by atoms with Gasteiger partial charge in [0, 0.05) is 17.8 Å². The van der Waals surface area contributed by atoms with Gasteiger partial charge in [-0.25, -0.2) is 9.18 Å². The maximum atomic E-state index is 14.3. The standard InChI is InChI=1S/C19H16FN9O2/c20-12-5-9(7-21)1-4-13(12)24-18-27-15(26-17(29-18)23-11-2-3-11)10(8-22)6-14-16(30)28-19(31)25-14/h1,4-6,8,11,22,30H,2-3H2,(H2,25,28,31)(H2,23,24,26,27,29)/b10-6-,22-8?. The Morgan fingerprint density at radius 2 is 2.06 bits per heavy atom. The Kier molecular flexibility index (Phi) is 5.15. The number of hydrogen-bond donors (Lipinski definition) is 6. The van der Waals surface area contributed by atoms with Gasteiger partial charge < -0.3 is 26.1 Å². The number of H-pyrrole nitrogens is 2. The van der Waals surface area contributed by atoms with Crippen LogP contribution in [0.15, 0.2) is 23.0 Å². The summed E-state index contributed by atoms with van der Waals surface area (Å²) in [6, 6.07) is 6.00. The van der Waals surface area contributed by atoms with Gasteiger partial charge in [0.05, 0.1) is 17.3 Å². The van der Waals surface area contributed by atoms with E-state index < -0.39 is 17.4 Å². The molecule has 0 saturated heterocycles. The molecule has 6 N–H and O–H groups in total. The molecule has 0 radical (unpaired) electrons. The van der Waals surface area contributed by atoms with Crippen molar-refractivity contribution in [1.29, 1.82) is 10.7 Å². The average molecular weight is 421 g/mol. The van der Waals surface area contributed by atoms with Gasteiger partial charge in [0.15, 0.2) is 5.82 Å². The fourth-order valence-corrected chi connectivity index (χ4v) is 2.66. The number of allylic oxidation sites excluding steroid dienone is 1. The minimum atomic E-state index is -0.657. The van der Waals surface area contributed by atoms with E-state index >= 15 is 0 Å². The Balaban J connectivity index is 1.73. The van der Waals surface area contributed by atoms with Crippen molar-refractivity contribution in [2.75, 3.05) is 10.6 Å². The summed E-state index contributed by atoms with van der Waals surface area (Å²) in [4.78, 5) is 28.7. The van der Waals surface area contributed by atoms with Crippen molar-refractivity contribution in [2.45, 2.75) is 18.9 Å². The van der Waals surface area contributed by atoms with Crippen LogP contribution in [-0.4, -0.2) is 42.3 Å². The highest BCUT2D eigenvalue weighted by molar-refractivity contribution is 6.13. The van der Waals surface area contributed by atoms with Gasteiger partial charge in [-0.2, -0.15) is 20.2 Å². The van der Waals surface area contributed by atoms with Crippen LogP contribution in [0.2, 0.25) is 0 Å². The normalized spacial score (nSPS) is 13.5. The molecule has 0 aliphatic heterocycles. The summed E-state index contributed by atoms with van der Waals surface area (Å²) in [6.07, 6.45) is 4.19. The molecule has 156 valence electrons. The highest BCUT2D eigenvalue weighted by atomic mass is 19.1. The zero-order valence-corrected chi connectivity index (χ0v) is 15.9. The van der Waals surface area contributed by atoms with E-state index in [4.69, 9.17) is 10.7 Å². The average Bonchev–Trinajstić information content (AvgIpc) is 3.49. The molecule has 31 heavy (non-hydrogen) atoms. The molecular weight excluding hydrogens is 405 g/mol. The molecule has 3 aromatic rings. The van der Waals surface area contributed by atoms with Crippen LogP contribution in [0.4, 0.5) is 22.0 Å². The second kappa shape index (κ2) is 8.07. The van der Waals surface area contributed by atoms with Crippen molar-refractivity contribution in [3.63, 3.8) is 0 Å². The first-order chi connectivity index (χ1) is 14.9. The molecular formula is C19H16FN9O2. The molecule has 1 saturated carbocycles. The van der Waals surface area contributed by atoms with E-state index in [0.29, 0.717) is 0 Å². The SMILES string of the molecule is N#Cc1ccc(Nc2nc(NC3CC3)nc(/C(C=N)=C\c3[nH]c(=O)[nH]c3O)n2)c(F)c1. The predicted octanol–water partition coefficient (Wildman–Crippen LogP) is 2.11. The first-order valence-electron chi connectivity index (χ1n) is 9.18. The van der Waals surface area contributed by atoms with E-state index in [2.05, 4.69) is 35.6 Å². The number of nitrogens with zero attached hydrogens (tertiary/aromatic N) is 4. The number of aromatic nitrogens is 5. The summed E-state index contributed by atoms with van der Waals surface area (Å²) in [6.45, 7) is 0. The molecule has 0 bridgehead atoms. The third kappa shape index (κ3) is 4.56. The van der Waals surface area contributed by atoms with Crippen molar-refractivity contribution in [2.24, 2.45) is 0 Å². The van der Waals surface area contributed by atoms with Crippen LogP contribution in [0.25, 0.3) is 11.6 Å². The summed E-state index contributed by atoms with van der Waals surface area (Å²) >= 11 is 0. The molecule has 12 heteroatoms. The van der Waals surface area contributed by atoms with Crippen molar-refractivity contribution in [3.05, 3.63) is 51.6 Å². The Bertz CT molecular complexity index is 1280. The first-order valence-corrected chi connectivity index (χ1v) is 9.18. The van der Waals surface area contributed by atoms with Gasteiger partial charge in [-0.15, -0.1) is 0 Å². The van der Waals surface area contributed by atoms with Gasteiger partial charge in [0.25, 0.3) is 0 Å². The molecule has 0 unspecified atom stereocenters. The second-order valence-electron chi connectivity index (χ2n) is 6.74. The highest BCUT2D eigenvalue weighted by Crippen LogP contribution is 2.26. The Labute approximate surface area is 174 Å². The van der Waals surface area contributed by atoms with Gasteiger partial charge in [0.2, 0.25) is 17.8 Å². The Morgan fingerprint density at radius 1 is 1.29 bits per heavy atom. The van der Waals surface area contributed by atoms with E-state index in [1.165, 1.54) is 18.2 Å². The smallest absolute Gasteiger partial charge is 0.326 e. The first kappa shape index (κ1) is 19.8. The molecule has 2 aromatic heterocycles. The van der Waals surface area contributed by atoms with Gasteiger partial charge >= 0.3 is 5.69 Å². The lowest BCUT2D eigenvalue weighted by Crippen LogP contribution is -2.11. The molecule has 0 atom stereocenters.